The second-order valence-corrected chi connectivity index (χ2v) is 12.0. The normalized spacial score (nSPS) is 13.8. The summed E-state index contributed by atoms with van der Waals surface area (Å²) in [6.07, 6.45) is -5.23. The van der Waals surface area contributed by atoms with Gasteiger partial charge in [0, 0.05) is 19.4 Å². The molecule has 4 nitrogen and oxygen atoms in total. The highest BCUT2D eigenvalue weighted by Crippen LogP contribution is 2.66. The molecule has 10 heteroatoms. The second-order valence-electron chi connectivity index (χ2n) is 8.04. The average Bonchev–Trinajstić information content (AvgIpc) is 3.01. The number of rotatable bonds is 9. The summed E-state index contributed by atoms with van der Waals surface area (Å²) in [4.78, 5) is 0.802. The van der Waals surface area contributed by atoms with Gasteiger partial charge in [0.05, 0.1) is 12.2 Å². The third-order valence-electron chi connectivity index (χ3n) is 4.55. The maximum Gasteiger partial charge on any atom is 0.573 e. The Bertz CT molecular complexity index is 1110. The van der Waals surface area contributed by atoms with Crippen molar-refractivity contribution >= 4 is 44.9 Å². The quantitative estimate of drug-likeness (QED) is 0.243. The molecule has 0 amide bonds. The number of alkyl halides is 3. The smallest absolute Gasteiger partial charge is 0.406 e. The van der Waals surface area contributed by atoms with E-state index in [-0.39, 0.29) is 24.4 Å². The summed E-state index contributed by atoms with van der Waals surface area (Å²) in [6.45, 7) is 7.15. The van der Waals surface area contributed by atoms with Gasteiger partial charge in [0.1, 0.15) is 11.4 Å². The van der Waals surface area contributed by atoms with E-state index in [2.05, 4.69) is 20.7 Å². The fourth-order valence-corrected chi connectivity index (χ4v) is 8.58. The molecule has 0 saturated carbocycles. The van der Waals surface area contributed by atoms with Crippen molar-refractivity contribution in [1.82, 2.24) is 0 Å². The first-order valence-corrected chi connectivity index (χ1v) is 13.6. The molecule has 0 unspecified atom stereocenters. The minimum absolute atomic E-state index is 0.244. The molecule has 3 rings (SSSR count). The minimum Gasteiger partial charge on any atom is -0.406 e. The standard InChI is InChI=1S/C23H25BrF3O4PS/c1-14(2)30-32(28,31-15(3)4)19(22-21(24)18-7-5-6-8-20(18)33-22)13-16-9-11-17(12-10-16)29-23(25,26)27/h5-12,14-15,19H,13H2,1-4H3/t19-/m0/s1. The van der Waals surface area contributed by atoms with Crippen molar-refractivity contribution in [2.45, 2.75) is 58.3 Å². The van der Waals surface area contributed by atoms with E-state index >= 15 is 0 Å². The van der Waals surface area contributed by atoms with Crippen LogP contribution in [0.5, 0.6) is 5.75 Å². The van der Waals surface area contributed by atoms with Crippen LogP contribution in [0.2, 0.25) is 0 Å². The van der Waals surface area contributed by atoms with Crippen molar-refractivity contribution in [3.05, 3.63) is 63.4 Å². The Morgan fingerprint density at radius 3 is 2.06 bits per heavy atom. The second kappa shape index (κ2) is 10.5. The maximum atomic E-state index is 14.2. The Morgan fingerprint density at radius 2 is 1.55 bits per heavy atom. The van der Waals surface area contributed by atoms with Crippen molar-refractivity contribution in [1.29, 1.82) is 0 Å². The van der Waals surface area contributed by atoms with Gasteiger partial charge in [0.15, 0.2) is 0 Å². The molecule has 0 fully saturated rings. The van der Waals surface area contributed by atoms with Crippen LogP contribution in [-0.4, -0.2) is 18.6 Å². The van der Waals surface area contributed by atoms with Crippen molar-refractivity contribution in [2.24, 2.45) is 0 Å². The van der Waals surface area contributed by atoms with E-state index in [1.807, 2.05) is 24.3 Å². The zero-order valence-corrected chi connectivity index (χ0v) is 21.9. The Hall–Kier alpha value is -1.38. The van der Waals surface area contributed by atoms with Crippen LogP contribution in [0.1, 0.15) is 43.8 Å². The number of hydrogen-bond donors (Lipinski definition) is 0. The molecule has 0 saturated heterocycles. The predicted octanol–water partition coefficient (Wildman–Crippen LogP) is 8.89. The molecule has 3 aromatic rings. The van der Waals surface area contributed by atoms with E-state index < -0.39 is 19.6 Å². The summed E-state index contributed by atoms with van der Waals surface area (Å²) in [6, 6.07) is 13.4. The lowest BCUT2D eigenvalue weighted by Crippen LogP contribution is -2.17. The monoisotopic (exact) mass is 564 g/mol. The van der Waals surface area contributed by atoms with E-state index in [9.17, 15) is 17.7 Å². The lowest BCUT2D eigenvalue weighted by atomic mass is 10.1. The first-order valence-electron chi connectivity index (χ1n) is 10.4. The Morgan fingerprint density at radius 1 is 0.970 bits per heavy atom. The number of thiophene rings is 1. The highest BCUT2D eigenvalue weighted by Gasteiger charge is 2.41. The number of fused-ring (bicyclic) bond motifs is 1. The summed E-state index contributed by atoms with van der Waals surface area (Å²) in [7, 11) is -3.69. The molecule has 1 aromatic heterocycles. The van der Waals surface area contributed by atoms with Crippen LogP contribution in [0.3, 0.4) is 0 Å². The Labute approximate surface area is 203 Å². The molecule has 2 aromatic carbocycles. The van der Waals surface area contributed by atoms with Crippen molar-refractivity contribution in [2.75, 3.05) is 0 Å². The van der Waals surface area contributed by atoms with Gasteiger partial charge in [0.25, 0.3) is 0 Å². The Kier molecular flexibility index (Phi) is 8.33. The summed E-state index contributed by atoms with van der Waals surface area (Å²) >= 11 is 5.16. The molecule has 0 bridgehead atoms. The van der Waals surface area contributed by atoms with E-state index in [0.29, 0.717) is 5.56 Å². The molecule has 180 valence electrons. The van der Waals surface area contributed by atoms with Gasteiger partial charge in [-0.2, -0.15) is 0 Å². The largest absolute Gasteiger partial charge is 0.573 e. The molecular formula is C23H25BrF3O4PS. The SMILES string of the molecule is CC(C)OP(=O)(OC(C)C)[C@@H](Cc1ccc(OC(F)(F)F)cc1)c1sc2ccccc2c1Br. The number of halogens is 4. The molecular weight excluding hydrogens is 540 g/mol. The molecule has 0 N–H and O–H groups in total. The van der Waals surface area contributed by atoms with E-state index in [0.717, 1.165) is 19.4 Å². The van der Waals surface area contributed by atoms with Gasteiger partial charge in [-0.15, -0.1) is 24.5 Å². The molecule has 1 atom stereocenters. The number of benzene rings is 2. The van der Waals surface area contributed by atoms with Crippen LogP contribution in [0.25, 0.3) is 10.1 Å². The van der Waals surface area contributed by atoms with Crippen LogP contribution >= 0.6 is 34.9 Å². The van der Waals surface area contributed by atoms with E-state index in [4.69, 9.17) is 9.05 Å². The molecule has 0 spiro atoms. The summed E-state index contributed by atoms with van der Waals surface area (Å²) < 4.78 is 69.4. The molecule has 33 heavy (non-hydrogen) atoms. The summed E-state index contributed by atoms with van der Waals surface area (Å²) in [5.41, 5.74) is 0.0160. The topological polar surface area (TPSA) is 44.8 Å². The van der Waals surface area contributed by atoms with Crippen LogP contribution < -0.4 is 4.74 Å². The van der Waals surface area contributed by atoms with Crippen LogP contribution in [0.4, 0.5) is 13.2 Å². The van der Waals surface area contributed by atoms with Gasteiger partial charge in [-0.1, -0.05) is 30.3 Å². The first-order chi connectivity index (χ1) is 15.4. The maximum absolute atomic E-state index is 14.2. The van der Waals surface area contributed by atoms with Crippen LogP contribution in [0.15, 0.2) is 53.0 Å². The van der Waals surface area contributed by atoms with Gasteiger partial charge in [-0.25, -0.2) is 0 Å². The molecule has 1 heterocycles. The van der Waals surface area contributed by atoms with E-state index in [1.165, 1.54) is 35.6 Å². The third kappa shape index (κ3) is 6.83. The highest BCUT2D eigenvalue weighted by molar-refractivity contribution is 9.10. The zero-order valence-electron chi connectivity index (χ0n) is 18.6. The van der Waals surface area contributed by atoms with Gasteiger partial charge in [-0.05, 0) is 73.8 Å². The van der Waals surface area contributed by atoms with Gasteiger partial charge >= 0.3 is 14.0 Å². The zero-order chi connectivity index (χ0) is 24.4. The fourth-order valence-electron chi connectivity index (χ4n) is 3.41. The van der Waals surface area contributed by atoms with Gasteiger partial charge in [-0.3, -0.25) is 4.57 Å². The fraction of sp³-hybridized carbons (Fsp3) is 0.391. The molecule has 0 aliphatic rings. The van der Waals surface area contributed by atoms with Crippen LogP contribution in [0, 0.1) is 0 Å². The summed E-state index contributed by atoms with van der Waals surface area (Å²) in [5.74, 6) is -0.314. The van der Waals surface area contributed by atoms with Crippen molar-refractivity contribution < 1.29 is 31.5 Å². The minimum atomic E-state index is -4.77. The van der Waals surface area contributed by atoms with Crippen LogP contribution in [-0.2, 0) is 20.0 Å². The molecule has 0 aliphatic carbocycles. The third-order valence-corrected chi connectivity index (χ3v) is 9.76. The number of ether oxygens (including phenoxy) is 1. The highest BCUT2D eigenvalue weighted by atomic mass is 79.9. The van der Waals surface area contributed by atoms with Crippen molar-refractivity contribution in [3.8, 4) is 5.75 Å². The van der Waals surface area contributed by atoms with E-state index in [1.54, 1.807) is 27.7 Å². The first kappa shape index (κ1) is 26.2. The number of hydrogen-bond acceptors (Lipinski definition) is 5. The molecule has 0 radical (unpaired) electrons. The predicted molar refractivity (Wildman–Crippen MR) is 129 cm³/mol. The summed E-state index contributed by atoms with van der Waals surface area (Å²) in [5, 5.41) is 0.983. The Balaban J connectivity index is 2.06. The lowest BCUT2D eigenvalue weighted by Gasteiger charge is -2.30. The average molecular weight is 565 g/mol. The van der Waals surface area contributed by atoms with Gasteiger partial charge in [0.2, 0.25) is 0 Å². The van der Waals surface area contributed by atoms with Gasteiger partial charge < -0.3 is 13.8 Å². The van der Waals surface area contributed by atoms with Crippen molar-refractivity contribution in [3.63, 3.8) is 0 Å². The molecule has 0 aliphatic heterocycles. The lowest BCUT2D eigenvalue weighted by molar-refractivity contribution is -0.274.